The van der Waals surface area contributed by atoms with Crippen LogP contribution in [0.25, 0.3) is 0 Å². The Hall–Kier alpha value is 0.310. The zero-order valence-electron chi connectivity index (χ0n) is 7.08. The molecule has 0 aliphatic carbocycles. The van der Waals surface area contributed by atoms with E-state index < -0.39 is 0 Å². The SMILES string of the molecule is CCN1CN2CNCP(C1)C2. The van der Waals surface area contributed by atoms with Crippen LogP contribution < -0.4 is 5.32 Å². The van der Waals surface area contributed by atoms with Crippen molar-refractivity contribution < 1.29 is 0 Å². The molecule has 2 aliphatic heterocycles. The molecule has 2 bridgehead atoms. The lowest BCUT2D eigenvalue weighted by Crippen LogP contribution is -2.51. The highest BCUT2D eigenvalue weighted by molar-refractivity contribution is 7.57. The lowest BCUT2D eigenvalue weighted by molar-refractivity contribution is 0.142. The summed E-state index contributed by atoms with van der Waals surface area (Å²) < 4.78 is 0. The molecule has 0 saturated carbocycles. The van der Waals surface area contributed by atoms with Gasteiger partial charge in [-0.3, -0.25) is 9.80 Å². The second kappa shape index (κ2) is 3.36. The Balaban J connectivity index is 1.94. The lowest BCUT2D eigenvalue weighted by atomic mass is 10.6. The molecular weight excluding hydrogens is 157 g/mol. The van der Waals surface area contributed by atoms with Gasteiger partial charge in [-0.05, 0) is 6.54 Å². The summed E-state index contributed by atoms with van der Waals surface area (Å²) in [6.45, 7) is 5.76. The third kappa shape index (κ3) is 1.73. The molecule has 4 heteroatoms. The number of nitrogens with one attached hydrogen (secondary N) is 1. The molecule has 3 nitrogen and oxygen atoms in total. The number of fused-ring (bicyclic) bond motifs is 2. The van der Waals surface area contributed by atoms with Gasteiger partial charge in [-0.2, -0.15) is 0 Å². The zero-order valence-corrected chi connectivity index (χ0v) is 7.98. The maximum atomic E-state index is 3.46. The molecule has 1 N–H and O–H groups in total. The minimum Gasteiger partial charge on any atom is -0.300 e. The summed E-state index contributed by atoms with van der Waals surface area (Å²) in [6, 6.07) is 0. The molecule has 0 spiro atoms. The van der Waals surface area contributed by atoms with Gasteiger partial charge in [0.1, 0.15) is 0 Å². The van der Waals surface area contributed by atoms with Gasteiger partial charge >= 0.3 is 0 Å². The Morgan fingerprint density at radius 3 is 3.09 bits per heavy atom. The van der Waals surface area contributed by atoms with Gasteiger partial charge < -0.3 is 5.32 Å². The maximum absolute atomic E-state index is 3.46. The van der Waals surface area contributed by atoms with Crippen LogP contribution >= 0.6 is 7.92 Å². The number of rotatable bonds is 1. The van der Waals surface area contributed by atoms with Crippen LogP contribution in [-0.4, -0.2) is 48.5 Å². The molecule has 64 valence electrons. The van der Waals surface area contributed by atoms with E-state index >= 15 is 0 Å². The van der Waals surface area contributed by atoms with Crippen molar-refractivity contribution in [2.24, 2.45) is 0 Å². The summed E-state index contributed by atoms with van der Waals surface area (Å²) in [5.41, 5.74) is 0. The third-order valence-electron chi connectivity index (χ3n) is 2.32. The third-order valence-corrected chi connectivity index (χ3v) is 4.59. The van der Waals surface area contributed by atoms with Crippen LogP contribution in [0.1, 0.15) is 6.92 Å². The van der Waals surface area contributed by atoms with Gasteiger partial charge in [-0.15, -0.1) is 0 Å². The summed E-state index contributed by atoms with van der Waals surface area (Å²) in [5.74, 6) is 0. The molecule has 2 saturated heterocycles. The second-order valence-electron chi connectivity index (χ2n) is 3.32. The monoisotopic (exact) mass is 173 g/mol. The first-order valence-corrected chi connectivity index (χ1v) is 6.16. The van der Waals surface area contributed by atoms with E-state index in [1.54, 1.807) is 0 Å². The van der Waals surface area contributed by atoms with Gasteiger partial charge in [0.15, 0.2) is 0 Å². The summed E-state index contributed by atoms with van der Waals surface area (Å²) in [5, 5.41) is 3.46. The molecular formula is C7H16N3P. The average molecular weight is 173 g/mol. The van der Waals surface area contributed by atoms with E-state index in [0.29, 0.717) is 0 Å². The summed E-state index contributed by atoms with van der Waals surface area (Å²) in [4.78, 5) is 5.07. The van der Waals surface area contributed by atoms with Gasteiger partial charge in [0.05, 0.1) is 6.67 Å². The Morgan fingerprint density at radius 1 is 1.45 bits per heavy atom. The lowest BCUT2D eigenvalue weighted by Gasteiger charge is -2.43. The normalized spacial score (nSPS) is 39.0. The molecule has 11 heavy (non-hydrogen) atoms. The standard InChI is InChI=1S/C7H16N3P/c1-2-9-5-10-3-8-4-11(6-9)7-10/h8H,2-7H2,1H3. The van der Waals surface area contributed by atoms with E-state index in [-0.39, 0.29) is 7.92 Å². The molecule has 0 aromatic carbocycles. The minimum absolute atomic E-state index is 0.274. The molecule has 2 aliphatic rings. The van der Waals surface area contributed by atoms with E-state index in [1.807, 2.05) is 0 Å². The Kier molecular flexibility index (Phi) is 2.42. The smallest absolute Gasteiger partial charge is 0.0525 e. The van der Waals surface area contributed by atoms with Gasteiger partial charge in [0, 0.05) is 25.5 Å². The highest BCUT2D eigenvalue weighted by Crippen LogP contribution is 2.40. The number of nitrogens with zero attached hydrogens (tertiary/aromatic N) is 2. The van der Waals surface area contributed by atoms with Crippen LogP contribution in [-0.2, 0) is 0 Å². The Labute approximate surface area is 69.5 Å². The first kappa shape index (κ1) is 7.93. The first-order valence-electron chi connectivity index (χ1n) is 4.26. The van der Waals surface area contributed by atoms with Gasteiger partial charge in [-0.1, -0.05) is 14.8 Å². The van der Waals surface area contributed by atoms with Crippen molar-refractivity contribution in [3.8, 4) is 0 Å². The van der Waals surface area contributed by atoms with Crippen LogP contribution in [0.3, 0.4) is 0 Å². The quantitative estimate of drug-likeness (QED) is 0.582. The van der Waals surface area contributed by atoms with Crippen LogP contribution in [0.2, 0.25) is 0 Å². The number of hydrogen-bond donors (Lipinski definition) is 1. The molecule has 2 heterocycles. The predicted octanol–water partition coefficient (Wildman–Crippen LogP) is 0.497. The van der Waals surface area contributed by atoms with Crippen LogP contribution in [0, 0.1) is 0 Å². The fourth-order valence-electron chi connectivity index (χ4n) is 1.75. The highest BCUT2D eigenvalue weighted by Gasteiger charge is 2.26. The fraction of sp³-hybridized carbons (Fsp3) is 1.00. The average Bonchev–Trinajstić information content (AvgIpc) is 2.03. The van der Waals surface area contributed by atoms with Crippen LogP contribution in [0.5, 0.6) is 0 Å². The van der Waals surface area contributed by atoms with Crippen LogP contribution in [0.4, 0.5) is 0 Å². The molecule has 0 amide bonds. The van der Waals surface area contributed by atoms with Crippen molar-refractivity contribution >= 4 is 7.92 Å². The van der Waals surface area contributed by atoms with Crippen molar-refractivity contribution in [2.75, 3.05) is 38.7 Å². The van der Waals surface area contributed by atoms with E-state index in [0.717, 1.165) is 6.67 Å². The largest absolute Gasteiger partial charge is 0.300 e. The summed E-state index contributed by atoms with van der Waals surface area (Å²) in [6.07, 6.45) is 4.01. The van der Waals surface area contributed by atoms with E-state index in [2.05, 4.69) is 22.0 Å². The van der Waals surface area contributed by atoms with Gasteiger partial charge in [0.25, 0.3) is 0 Å². The zero-order chi connectivity index (χ0) is 7.68. The first-order chi connectivity index (χ1) is 5.38. The van der Waals surface area contributed by atoms with Crippen molar-refractivity contribution in [3.63, 3.8) is 0 Å². The van der Waals surface area contributed by atoms with Gasteiger partial charge in [-0.25, -0.2) is 0 Å². The molecule has 2 atom stereocenters. The molecule has 0 radical (unpaired) electrons. The summed E-state index contributed by atoms with van der Waals surface area (Å²) >= 11 is 0. The molecule has 0 aromatic rings. The fourth-order valence-corrected chi connectivity index (χ4v) is 4.06. The second-order valence-corrected chi connectivity index (χ2v) is 5.54. The summed E-state index contributed by atoms with van der Waals surface area (Å²) in [7, 11) is 0.274. The molecule has 2 rings (SSSR count). The highest BCUT2D eigenvalue weighted by atomic mass is 31.1. The Bertz CT molecular complexity index is 130. The van der Waals surface area contributed by atoms with Crippen molar-refractivity contribution in [3.05, 3.63) is 0 Å². The van der Waals surface area contributed by atoms with Crippen molar-refractivity contribution in [1.82, 2.24) is 15.1 Å². The van der Waals surface area contributed by atoms with Crippen LogP contribution in [0.15, 0.2) is 0 Å². The van der Waals surface area contributed by atoms with Crippen molar-refractivity contribution in [2.45, 2.75) is 6.92 Å². The number of hydrogen-bond acceptors (Lipinski definition) is 3. The predicted molar refractivity (Wildman–Crippen MR) is 48.6 cm³/mol. The van der Waals surface area contributed by atoms with E-state index in [1.165, 1.54) is 32.1 Å². The van der Waals surface area contributed by atoms with E-state index in [4.69, 9.17) is 0 Å². The molecule has 2 fully saturated rings. The van der Waals surface area contributed by atoms with E-state index in [9.17, 15) is 0 Å². The molecule has 0 aromatic heterocycles. The van der Waals surface area contributed by atoms with Crippen molar-refractivity contribution in [1.29, 1.82) is 0 Å². The maximum Gasteiger partial charge on any atom is 0.0525 e. The minimum atomic E-state index is 0.274. The molecule has 2 unspecified atom stereocenters. The van der Waals surface area contributed by atoms with Gasteiger partial charge in [0.2, 0.25) is 0 Å². The Morgan fingerprint density at radius 2 is 2.36 bits per heavy atom. The topological polar surface area (TPSA) is 18.5 Å².